The van der Waals surface area contributed by atoms with E-state index >= 15 is 0 Å². The number of hydrogen-bond donors (Lipinski definition) is 1. The lowest BCUT2D eigenvalue weighted by atomic mass is 10.2. The SMILES string of the molecule is Cl.c1ccc(-c2ccc(CNC3CCCC3)o2)cc1. The summed E-state index contributed by atoms with van der Waals surface area (Å²) in [6.07, 6.45) is 5.36. The number of rotatable bonds is 4. The van der Waals surface area contributed by atoms with Gasteiger partial charge < -0.3 is 9.73 Å². The minimum Gasteiger partial charge on any atom is -0.460 e. The third-order valence-corrected chi connectivity index (χ3v) is 3.64. The van der Waals surface area contributed by atoms with Crippen LogP contribution in [0.5, 0.6) is 0 Å². The highest BCUT2D eigenvalue weighted by Gasteiger charge is 2.14. The molecule has 1 aromatic heterocycles. The Hall–Kier alpha value is -1.25. The molecule has 1 heterocycles. The number of halogens is 1. The van der Waals surface area contributed by atoms with Crippen molar-refractivity contribution in [3.63, 3.8) is 0 Å². The highest BCUT2D eigenvalue weighted by molar-refractivity contribution is 5.85. The first-order chi connectivity index (χ1) is 8.92. The van der Waals surface area contributed by atoms with Crippen molar-refractivity contribution < 1.29 is 4.42 Å². The zero-order chi connectivity index (χ0) is 12.2. The molecule has 1 aliphatic rings. The van der Waals surface area contributed by atoms with Crippen molar-refractivity contribution in [1.82, 2.24) is 5.32 Å². The molecule has 0 saturated heterocycles. The number of furan rings is 1. The van der Waals surface area contributed by atoms with Gasteiger partial charge in [0.05, 0.1) is 6.54 Å². The number of benzene rings is 1. The zero-order valence-electron chi connectivity index (χ0n) is 11.0. The summed E-state index contributed by atoms with van der Waals surface area (Å²) in [5, 5.41) is 3.57. The average Bonchev–Trinajstić information content (AvgIpc) is 3.09. The van der Waals surface area contributed by atoms with E-state index in [1.807, 2.05) is 18.2 Å². The lowest BCUT2D eigenvalue weighted by Crippen LogP contribution is -2.24. The Kier molecular flexibility index (Phi) is 5.06. The van der Waals surface area contributed by atoms with E-state index in [2.05, 4.69) is 29.6 Å². The summed E-state index contributed by atoms with van der Waals surface area (Å²) < 4.78 is 5.87. The molecular weight excluding hydrogens is 258 g/mol. The maximum atomic E-state index is 5.87. The van der Waals surface area contributed by atoms with Gasteiger partial charge in [-0.25, -0.2) is 0 Å². The standard InChI is InChI=1S/C16H19NO.ClH/c1-2-6-13(7-3-1)16-11-10-15(18-16)12-17-14-8-4-5-9-14;/h1-3,6-7,10-11,14,17H,4-5,8-9,12H2;1H. The van der Waals surface area contributed by atoms with Crippen LogP contribution in [0.25, 0.3) is 11.3 Å². The van der Waals surface area contributed by atoms with Crippen LogP contribution in [0.2, 0.25) is 0 Å². The predicted molar refractivity (Wildman–Crippen MR) is 80.5 cm³/mol. The molecule has 1 saturated carbocycles. The molecule has 0 atom stereocenters. The van der Waals surface area contributed by atoms with Crippen LogP contribution in [0.15, 0.2) is 46.9 Å². The molecule has 0 bridgehead atoms. The third kappa shape index (κ3) is 3.62. The predicted octanol–water partition coefficient (Wildman–Crippen LogP) is 4.40. The third-order valence-electron chi connectivity index (χ3n) is 3.64. The van der Waals surface area contributed by atoms with Crippen LogP contribution in [0.3, 0.4) is 0 Å². The molecule has 0 spiro atoms. The summed E-state index contributed by atoms with van der Waals surface area (Å²) in [7, 11) is 0. The van der Waals surface area contributed by atoms with Crippen molar-refractivity contribution in [3.8, 4) is 11.3 Å². The van der Waals surface area contributed by atoms with Crippen LogP contribution in [-0.4, -0.2) is 6.04 Å². The Bertz CT molecular complexity index is 488. The smallest absolute Gasteiger partial charge is 0.134 e. The Morgan fingerprint density at radius 2 is 1.74 bits per heavy atom. The van der Waals surface area contributed by atoms with Gasteiger partial charge in [-0.15, -0.1) is 12.4 Å². The van der Waals surface area contributed by atoms with Crippen LogP contribution in [-0.2, 0) is 6.54 Å². The van der Waals surface area contributed by atoms with Crippen LogP contribution in [0.1, 0.15) is 31.4 Å². The molecule has 1 aromatic carbocycles. The first-order valence-electron chi connectivity index (χ1n) is 6.79. The van der Waals surface area contributed by atoms with Gasteiger partial charge in [0.1, 0.15) is 11.5 Å². The lowest BCUT2D eigenvalue weighted by Gasteiger charge is -2.09. The lowest BCUT2D eigenvalue weighted by molar-refractivity contribution is 0.452. The molecule has 1 fully saturated rings. The van der Waals surface area contributed by atoms with Gasteiger partial charge in [0.2, 0.25) is 0 Å². The van der Waals surface area contributed by atoms with Crippen LogP contribution < -0.4 is 5.32 Å². The average molecular weight is 278 g/mol. The van der Waals surface area contributed by atoms with E-state index in [4.69, 9.17) is 4.42 Å². The van der Waals surface area contributed by atoms with Crippen LogP contribution in [0, 0.1) is 0 Å². The van der Waals surface area contributed by atoms with E-state index in [1.54, 1.807) is 0 Å². The molecule has 0 aliphatic heterocycles. The Labute approximate surface area is 120 Å². The first kappa shape index (κ1) is 14.2. The van der Waals surface area contributed by atoms with Crippen molar-refractivity contribution in [3.05, 3.63) is 48.2 Å². The van der Waals surface area contributed by atoms with Crippen molar-refractivity contribution in [2.75, 3.05) is 0 Å². The quantitative estimate of drug-likeness (QED) is 0.896. The van der Waals surface area contributed by atoms with Crippen LogP contribution >= 0.6 is 12.4 Å². The van der Waals surface area contributed by atoms with Gasteiger partial charge in [-0.05, 0) is 25.0 Å². The number of hydrogen-bond acceptors (Lipinski definition) is 2. The molecule has 3 heteroatoms. The summed E-state index contributed by atoms with van der Waals surface area (Å²) in [5.41, 5.74) is 1.14. The van der Waals surface area contributed by atoms with Crippen molar-refractivity contribution >= 4 is 12.4 Å². The first-order valence-corrected chi connectivity index (χ1v) is 6.79. The van der Waals surface area contributed by atoms with Crippen LogP contribution in [0.4, 0.5) is 0 Å². The maximum Gasteiger partial charge on any atom is 0.134 e. The maximum absolute atomic E-state index is 5.87. The molecule has 2 aromatic rings. The van der Waals surface area contributed by atoms with E-state index < -0.39 is 0 Å². The fourth-order valence-corrected chi connectivity index (χ4v) is 2.61. The molecule has 1 aliphatic carbocycles. The van der Waals surface area contributed by atoms with E-state index in [0.717, 1.165) is 23.6 Å². The molecule has 19 heavy (non-hydrogen) atoms. The Morgan fingerprint density at radius 3 is 2.47 bits per heavy atom. The van der Waals surface area contributed by atoms with Gasteiger partial charge in [-0.1, -0.05) is 43.2 Å². The summed E-state index contributed by atoms with van der Waals surface area (Å²) in [5.74, 6) is 1.99. The summed E-state index contributed by atoms with van der Waals surface area (Å²) in [6.45, 7) is 0.845. The fourth-order valence-electron chi connectivity index (χ4n) is 2.61. The minimum atomic E-state index is 0. The molecule has 0 unspecified atom stereocenters. The van der Waals surface area contributed by atoms with E-state index in [0.29, 0.717) is 6.04 Å². The van der Waals surface area contributed by atoms with E-state index in [-0.39, 0.29) is 12.4 Å². The van der Waals surface area contributed by atoms with Gasteiger partial charge in [0, 0.05) is 11.6 Å². The Morgan fingerprint density at radius 1 is 1.00 bits per heavy atom. The van der Waals surface area contributed by atoms with Crippen molar-refractivity contribution in [2.24, 2.45) is 0 Å². The second kappa shape index (κ2) is 6.78. The molecule has 1 N–H and O–H groups in total. The fraction of sp³-hybridized carbons (Fsp3) is 0.375. The van der Waals surface area contributed by atoms with Gasteiger partial charge in [-0.3, -0.25) is 0 Å². The van der Waals surface area contributed by atoms with Gasteiger partial charge in [0.15, 0.2) is 0 Å². The second-order valence-electron chi connectivity index (χ2n) is 4.99. The highest BCUT2D eigenvalue weighted by Crippen LogP contribution is 2.22. The summed E-state index contributed by atoms with van der Waals surface area (Å²) >= 11 is 0. The van der Waals surface area contributed by atoms with Crippen molar-refractivity contribution in [1.29, 1.82) is 0 Å². The molecule has 3 rings (SSSR count). The second-order valence-corrected chi connectivity index (χ2v) is 4.99. The molecule has 102 valence electrons. The topological polar surface area (TPSA) is 25.2 Å². The van der Waals surface area contributed by atoms with Crippen molar-refractivity contribution in [2.45, 2.75) is 38.3 Å². The van der Waals surface area contributed by atoms with E-state index in [9.17, 15) is 0 Å². The normalized spacial score (nSPS) is 15.4. The largest absolute Gasteiger partial charge is 0.460 e. The molecular formula is C16H20ClNO. The monoisotopic (exact) mass is 277 g/mol. The van der Waals surface area contributed by atoms with Gasteiger partial charge in [0.25, 0.3) is 0 Å². The van der Waals surface area contributed by atoms with E-state index in [1.165, 1.54) is 25.7 Å². The summed E-state index contributed by atoms with van der Waals surface area (Å²) in [6, 6.07) is 15.1. The molecule has 0 amide bonds. The minimum absolute atomic E-state index is 0. The molecule has 2 nitrogen and oxygen atoms in total. The highest BCUT2D eigenvalue weighted by atomic mass is 35.5. The van der Waals surface area contributed by atoms with Gasteiger partial charge in [-0.2, -0.15) is 0 Å². The van der Waals surface area contributed by atoms with Gasteiger partial charge >= 0.3 is 0 Å². The number of nitrogens with one attached hydrogen (secondary N) is 1. The Balaban J connectivity index is 0.00000133. The molecule has 0 radical (unpaired) electrons. The zero-order valence-corrected chi connectivity index (χ0v) is 11.8. The summed E-state index contributed by atoms with van der Waals surface area (Å²) in [4.78, 5) is 0.